The Morgan fingerprint density at radius 1 is 1.71 bits per heavy atom. The minimum absolute atomic E-state index is 0.0700. The van der Waals surface area contributed by atoms with Crippen LogP contribution in [0.15, 0.2) is 6.20 Å². The number of hydrogen-bond acceptors (Lipinski definition) is 5. The molecule has 1 fully saturated rings. The molecular formula is C10H14N4O3. The predicted octanol–water partition coefficient (Wildman–Crippen LogP) is 0.494. The molecule has 7 heteroatoms. The van der Waals surface area contributed by atoms with E-state index in [2.05, 4.69) is 10.3 Å². The molecular weight excluding hydrogens is 224 g/mol. The topological polar surface area (TPSA) is 77.3 Å². The van der Waals surface area contributed by atoms with Gasteiger partial charge in [0.25, 0.3) is 0 Å². The highest BCUT2D eigenvalue weighted by atomic mass is 16.6. The monoisotopic (exact) mass is 238 g/mol. The average molecular weight is 238 g/mol. The normalized spacial score (nSPS) is 19.4. The summed E-state index contributed by atoms with van der Waals surface area (Å²) in [5.74, 6) is 0. The summed E-state index contributed by atoms with van der Waals surface area (Å²) in [6.07, 6.45) is 2.74. The van der Waals surface area contributed by atoms with E-state index in [1.165, 1.54) is 0 Å². The Bertz CT molecular complexity index is 417. The minimum atomic E-state index is -0.300. The molecule has 1 aromatic rings. The molecule has 0 unspecified atom stereocenters. The summed E-state index contributed by atoms with van der Waals surface area (Å²) >= 11 is 0. The van der Waals surface area contributed by atoms with Crippen LogP contribution in [0, 0.1) is 0 Å². The molecule has 1 aliphatic rings. The summed E-state index contributed by atoms with van der Waals surface area (Å²) in [7, 11) is 0. The lowest BCUT2D eigenvalue weighted by Gasteiger charge is -2.15. The molecule has 92 valence electrons. The van der Waals surface area contributed by atoms with Gasteiger partial charge in [0.2, 0.25) is 0 Å². The first-order chi connectivity index (χ1) is 8.24. The lowest BCUT2D eigenvalue weighted by atomic mass is 10.3. The summed E-state index contributed by atoms with van der Waals surface area (Å²) in [4.78, 5) is 23.6. The summed E-state index contributed by atoms with van der Waals surface area (Å²) in [5, 5.41) is 7.56. The van der Waals surface area contributed by atoms with Gasteiger partial charge in [-0.05, 0) is 13.3 Å². The number of rotatable bonds is 3. The quantitative estimate of drug-likeness (QED) is 0.716. The Labute approximate surface area is 98.3 Å². The molecule has 1 aromatic heterocycles. The number of amides is 1. The zero-order valence-corrected chi connectivity index (χ0v) is 9.57. The van der Waals surface area contributed by atoms with E-state index in [0.29, 0.717) is 31.7 Å². The molecule has 1 aliphatic heterocycles. The Hall–Kier alpha value is -1.92. The van der Waals surface area contributed by atoms with Crippen molar-refractivity contribution in [1.82, 2.24) is 19.9 Å². The van der Waals surface area contributed by atoms with Crippen molar-refractivity contribution in [2.24, 2.45) is 0 Å². The molecule has 0 aromatic carbocycles. The smallest absolute Gasteiger partial charge is 0.409 e. The number of aromatic nitrogens is 3. The molecule has 1 atom stereocenters. The number of hydrogen-bond donors (Lipinski definition) is 0. The fraction of sp³-hybridized carbons (Fsp3) is 0.600. The van der Waals surface area contributed by atoms with Crippen LogP contribution in [0.3, 0.4) is 0 Å². The molecule has 0 aliphatic carbocycles. The van der Waals surface area contributed by atoms with E-state index >= 15 is 0 Å². The number of aldehydes is 1. The number of carbonyl (C=O) groups is 2. The highest BCUT2D eigenvalue weighted by molar-refractivity contribution is 5.70. The highest BCUT2D eigenvalue weighted by Gasteiger charge is 2.28. The molecule has 1 saturated heterocycles. The number of carbonyl (C=O) groups excluding carboxylic acids is 2. The SMILES string of the molecule is CCOC(=O)N1CC[C@@H](n2cc(C=O)nn2)C1. The van der Waals surface area contributed by atoms with E-state index in [9.17, 15) is 9.59 Å². The van der Waals surface area contributed by atoms with Gasteiger partial charge in [-0.3, -0.25) is 4.79 Å². The van der Waals surface area contributed by atoms with Crippen molar-refractivity contribution in [2.45, 2.75) is 19.4 Å². The van der Waals surface area contributed by atoms with Crippen LogP contribution in [0.25, 0.3) is 0 Å². The zero-order valence-electron chi connectivity index (χ0n) is 9.57. The lowest BCUT2D eigenvalue weighted by molar-refractivity contribution is 0.111. The average Bonchev–Trinajstić information content (AvgIpc) is 2.98. The third-order valence-corrected chi connectivity index (χ3v) is 2.71. The lowest BCUT2D eigenvalue weighted by Crippen LogP contribution is -2.29. The van der Waals surface area contributed by atoms with Crippen LogP contribution in [0.5, 0.6) is 0 Å². The van der Waals surface area contributed by atoms with Crippen LogP contribution >= 0.6 is 0 Å². The molecule has 0 radical (unpaired) electrons. The van der Waals surface area contributed by atoms with Crippen molar-refractivity contribution >= 4 is 12.4 Å². The van der Waals surface area contributed by atoms with E-state index in [4.69, 9.17) is 4.74 Å². The van der Waals surface area contributed by atoms with E-state index in [0.717, 1.165) is 6.42 Å². The molecule has 2 heterocycles. The van der Waals surface area contributed by atoms with Gasteiger partial charge in [0.15, 0.2) is 6.29 Å². The van der Waals surface area contributed by atoms with Gasteiger partial charge in [0, 0.05) is 13.1 Å². The second-order valence-electron chi connectivity index (χ2n) is 3.83. The van der Waals surface area contributed by atoms with Crippen molar-refractivity contribution in [2.75, 3.05) is 19.7 Å². The minimum Gasteiger partial charge on any atom is -0.450 e. The Balaban J connectivity index is 1.97. The third kappa shape index (κ3) is 2.43. The molecule has 0 saturated carbocycles. The van der Waals surface area contributed by atoms with Crippen molar-refractivity contribution < 1.29 is 14.3 Å². The second-order valence-corrected chi connectivity index (χ2v) is 3.83. The molecule has 2 rings (SSSR count). The largest absolute Gasteiger partial charge is 0.450 e. The van der Waals surface area contributed by atoms with E-state index in [-0.39, 0.29) is 12.1 Å². The first-order valence-corrected chi connectivity index (χ1v) is 5.53. The van der Waals surface area contributed by atoms with E-state index < -0.39 is 0 Å². The van der Waals surface area contributed by atoms with Crippen molar-refractivity contribution in [3.63, 3.8) is 0 Å². The van der Waals surface area contributed by atoms with Gasteiger partial charge < -0.3 is 9.64 Å². The summed E-state index contributed by atoms with van der Waals surface area (Å²) in [5.41, 5.74) is 0.305. The predicted molar refractivity (Wildman–Crippen MR) is 57.7 cm³/mol. The van der Waals surface area contributed by atoms with Gasteiger partial charge in [0.05, 0.1) is 18.8 Å². The van der Waals surface area contributed by atoms with Gasteiger partial charge in [-0.2, -0.15) is 0 Å². The summed E-state index contributed by atoms with van der Waals surface area (Å²) in [6.45, 7) is 3.33. The summed E-state index contributed by atoms with van der Waals surface area (Å²) in [6, 6.07) is 0.0700. The molecule has 1 amide bonds. The Morgan fingerprint density at radius 3 is 3.18 bits per heavy atom. The maximum atomic E-state index is 11.5. The van der Waals surface area contributed by atoms with Crippen LogP contribution in [-0.4, -0.2) is 52.0 Å². The second kappa shape index (κ2) is 4.94. The third-order valence-electron chi connectivity index (χ3n) is 2.71. The van der Waals surface area contributed by atoms with Crippen molar-refractivity contribution in [3.05, 3.63) is 11.9 Å². The highest BCUT2D eigenvalue weighted by Crippen LogP contribution is 2.21. The van der Waals surface area contributed by atoms with Gasteiger partial charge in [-0.25, -0.2) is 9.48 Å². The first-order valence-electron chi connectivity index (χ1n) is 5.53. The van der Waals surface area contributed by atoms with Crippen molar-refractivity contribution in [1.29, 1.82) is 0 Å². The van der Waals surface area contributed by atoms with Gasteiger partial charge in [-0.1, -0.05) is 5.21 Å². The standard InChI is InChI=1S/C10H14N4O3/c1-2-17-10(16)13-4-3-9(6-13)14-5-8(7-15)11-12-14/h5,7,9H,2-4,6H2,1H3/t9-/m1/s1. The van der Waals surface area contributed by atoms with Crippen LogP contribution in [0.4, 0.5) is 4.79 Å². The maximum absolute atomic E-state index is 11.5. The van der Waals surface area contributed by atoms with Crippen LogP contribution in [0.1, 0.15) is 29.9 Å². The fourth-order valence-electron chi connectivity index (χ4n) is 1.86. The van der Waals surface area contributed by atoms with Gasteiger partial charge >= 0.3 is 6.09 Å². The van der Waals surface area contributed by atoms with Crippen LogP contribution in [-0.2, 0) is 4.74 Å². The molecule has 0 spiro atoms. The van der Waals surface area contributed by atoms with Gasteiger partial charge in [-0.15, -0.1) is 5.10 Å². The van der Waals surface area contributed by atoms with Crippen molar-refractivity contribution in [3.8, 4) is 0 Å². The van der Waals surface area contributed by atoms with E-state index in [1.54, 1.807) is 22.7 Å². The summed E-state index contributed by atoms with van der Waals surface area (Å²) < 4.78 is 6.55. The van der Waals surface area contributed by atoms with Crippen LogP contribution in [0.2, 0.25) is 0 Å². The maximum Gasteiger partial charge on any atom is 0.409 e. The number of likely N-dealkylation sites (tertiary alicyclic amines) is 1. The number of ether oxygens (including phenoxy) is 1. The Morgan fingerprint density at radius 2 is 2.53 bits per heavy atom. The Kier molecular flexibility index (Phi) is 3.36. The molecule has 0 N–H and O–H groups in total. The van der Waals surface area contributed by atoms with E-state index in [1.807, 2.05) is 0 Å². The molecule has 17 heavy (non-hydrogen) atoms. The fourth-order valence-corrected chi connectivity index (χ4v) is 1.86. The van der Waals surface area contributed by atoms with Crippen LogP contribution < -0.4 is 0 Å². The first kappa shape index (κ1) is 11.6. The zero-order chi connectivity index (χ0) is 12.3. The van der Waals surface area contributed by atoms with Gasteiger partial charge in [0.1, 0.15) is 5.69 Å². The molecule has 0 bridgehead atoms. The molecule has 7 nitrogen and oxygen atoms in total. The number of nitrogens with zero attached hydrogens (tertiary/aromatic N) is 4.